The van der Waals surface area contributed by atoms with Gasteiger partial charge in [0, 0.05) is 28.9 Å². The van der Waals surface area contributed by atoms with Crippen molar-refractivity contribution >= 4 is 11.3 Å². The molecule has 1 aliphatic carbocycles. The molecule has 0 aliphatic heterocycles. The fourth-order valence-electron chi connectivity index (χ4n) is 3.55. The summed E-state index contributed by atoms with van der Waals surface area (Å²) < 4.78 is 5.47. The zero-order valence-electron chi connectivity index (χ0n) is 13.7. The van der Waals surface area contributed by atoms with Gasteiger partial charge in [0.25, 0.3) is 0 Å². The normalized spacial score (nSPS) is 14.9. The van der Waals surface area contributed by atoms with Crippen molar-refractivity contribution in [2.75, 3.05) is 7.11 Å². The van der Waals surface area contributed by atoms with E-state index in [-0.39, 0.29) is 0 Å². The Bertz CT molecular complexity index is 837. The Balaban J connectivity index is 1.73. The summed E-state index contributed by atoms with van der Waals surface area (Å²) in [6.45, 7) is 0. The number of pyridine rings is 1. The number of hydrogen-bond donors (Lipinski definition) is 0. The summed E-state index contributed by atoms with van der Waals surface area (Å²) >= 11 is 1.68. The van der Waals surface area contributed by atoms with Crippen LogP contribution in [0.1, 0.15) is 37.2 Å². The molecule has 1 fully saturated rings. The average molecular weight is 336 g/mol. The number of aromatic nitrogens is 2. The van der Waals surface area contributed by atoms with Gasteiger partial charge in [-0.05, 0) is 42.5 Å². The molecule has 4 heteroatoms. The number of ether oxygens (including phenoxy) is 1. The van der Waals surface area contributed by atoms with E-state index in [4.69, 9.17) is 9.72 Å². The minimum Gasteiger partial charge on any atom is -0.496 e. The van der Waals surface area contributed by atoms with E-state index < -0.39 is 0 Å². The van der Waals surface area contributed by atoms with E-state index in [1.54, 1.807) is 18.4 Å². The van der Waals surface area contributed by atoms with Crippen LogP contribution < -0.4 is 4.74 Å². The number of rotatable bonds is 4. The molecular formula is C20H20N2OS. The quantitative estimate of drug-likeness (QED) is 0.627. The molecule has 0 spiro atoms. The molecule has 3 nitrogen and oxygen atoms in total. The predicted molar refractivity (Wildman–Crippen MR) is 98.5 cm³/mol. The molecule has 4 rings (SSSR count). The fourth-order valence-corrected chi connectivity index (χ4v) is 4.41. The van der Waals surface area contributed by atoms with Crippen molar-refractivity contribution in [2.45, 2.75) is 31.6 Å². The predicted octanol–water partition coefficient (Wildman–Crippen LogP) is 5.54. The number of thiazole rings is 1. The van der Waals surface area contributed by atoms with Gasteiger partial charge in [-0.2, -0.15) is 0 Å². The smallest absolute Gasteiger partial charge is 0.128 e. The first-order valence-electron chi connectivity index (χ1n) is 8.40. The van der Waals surface area contributed by atoms with E-state index in [9.17, 15) is 0 Å². The Labute approximate surface area is 146 Å². The Hall–Kier alpha value is -2.20. The molecule has 0 amide bonds. The standard InChI is InChI=1S/C20H20N2OS/c1-23-19-9-5-4-8-16(19)18-13-24-20(22-18)17-12-21-11-10-15(17)14-6-2-3-7-14/h4-5,8-14H,2-3,6-7H2,1H3. The first-order valence-corrected chi connectivity index (χ1v) is 9.28. The molecule has 24 heavy (non-hydrogen) atoms. The molecule has 2 aromatic heterocycles. The van der Waals surface area contributed by atoms with Crippen molar-refractivity contribution in [2.24, 2.45) is 0 Å². The first kappa shape index (κ1) is 15.3. The van der Waals surface area contributed by atoms with Crippen molar-refractivity contribution in [3.8, 4) is 27.6 Å². The zero-order chi connectivity index (χ0) is 16.4. The topological polar surface area (TPSA) is 35.0 Å². The lowest BCUT2D eigenvalue weighted by atomic mass is 9.94. The Morgan fingerprint density at radius 1 is 1.08 bits per heavy atom. The first-order chi connectivity index (χ1) is 11.9. The summed E-state index contributed by atoms with van der Waals surface area (Å²) in [6.07, 6.45) is 9.10. The SMILES string of the molecule is COc1ccccc1-c1csc(-c2cnccc2C2CCCC2)n1. The number of nitrogens with zero attached hydrogens (tertiary/aromatic N) is 2. The lowest BCUT2D eigenvalue weighted by Crippen LogP contribution is -1.96. The highest BCUT2D eigenvalue weighted by atomic mass is 32.1. The Morgan fingerprint density at radius 3 is 2.75 bits per heavy atom. The summed E-state index contributed by atoms with van der Waals surface area (Å²) in [5.74, 6) is 1.51. The molecule has 2 heterocycles. The van der Waals surface area contributed by atoms with Crippen LogP contribution in [0.25, 0.3) is 21.8 Å². The van der Waals surface area contributed by atoms with Crippen molar-refractivity contribution in [3.05, 3.63) is 53.7 Å². The third-order valence-corrected chi connectivity index (χ3v) is 5.64. The van der Waals surface area contributed by atoms with Gasteiger partial charge in [-0.3, -0.25) is 4.98 Å². The number of para-hydroxylation sites is 1. The van der Waals surface area contributed by atoms with E-state index in [2.05, 4.69) is 22.5 Å². The maximum Gasteiger partial charge on any atom is 0.128 e. The molecule has 0 unspecified atom stereocenters. The Morgan fingerprint density at radius 2 is 1.92 bits per heavy atom. The lowest BCUT2D eigenvalue weighted by Gasteiger charge is -2.13. The van der Waals surface area contributed by atoms with E-state index >= 15 is 0 Å². The maximum atomic E-state index is 5.47. The highest BCUT2D eigenvalue weighted by Crippen LogP contribution is 2.40. The lowest BCUT2D eigenvalue weighted by molar-refractivity contribution is 0.416. The second kappa shape index (κ2) is 6.73. The molecular weight excluding hydrogens is 316 g/mol. The third kappa shape index (κ3) is 2.82. The maximum absolute atomic E-state index is 5.47. The third-order valence-electron chi connectivity index (χ3n) is 4.77. The van der Waals surface area contributed by atoms with Gasteiger partial charge in [-0.25, -0.2) is 4.98 Å². The van der Waals surface area contributed by atoms with Crippen LogP contribution in [0.2, 0.25) is 0 Å². The van der Waals surface area contributed by atoms with Crippen LogP contribution >= 0.6 is 11.3 Å². The van der Waals surface area contributed by atoms with Crippen molar-refractivity contribution < 1.29 is 4.74 Å². The van der Waals surface area contributed by atoms with Crippen molar-refractivity contribution in [1.29, 1.82) is 0 Å². The molecule has 1 saturated carbocycles. The van der Waals surface area contributed by atoms with Gasteiger partial charge in [0.15, 0.2) is 0 Å². The minimum absolute atomic E-state index is 0.654. The summed E-state index contributed by atoms with van der Waals surface area (Å²) in [4.78, 5) is 9.24. The van der Waals surface area contributed by atoms with Crippen LogP contribution in [-0.4, -0.2) is 17.1 Å². The second-order valence-electron chi connectivity index (χ2n) is 6.18. The second-order valence-corrected chi connectivity index (χ2v) is 7.04. The molecule has 0 saturated heterocycles. The number of methoxy groups -OCH3 is 1. The summed E-state index contributed by atoms with van der Waals surface area (Å²) in [5, 5.41) is 3.16. The van der Waals surface area contributed by atoms with Crippen LogP contribution in [0.5, 0.6) is 5.75 Å². The zero-order valence-corrected chi connectivity index (χ0v) is 14.6. The van der Waals surface area contributed by atoms with Crippen molar-refractivity contribution in [1.82, 2.24) is 9.97 Å². The van der Waals surface area contributed by atoms with Gasteiger partial charge in [-0.15, -0.1) is 11.3 Å². The van der Waals surface area contributed by atoms with Gasteiger partial charge in [0.2, 0.25) is 0 Å². The molecule has 3 aromatic rings. The Kier molecular flexibility index (Phi) is 4.30. The monoisotopic (exact) mass is 336 g/mol. The number of hydrogen-bond acceptors (Lipinski definition) is 4. The summed E-state index contributed by atoms with van der Waals surface area (Å²) in [6, 6.07) is 10.2. The van der Waals surface area contributed by atoms with Crippen LogP contribution in [-0.2, 0) is 0 Å². The van der Waals surface area contributed by atoms with Gasteiger partial charge in [-0.1, -0.05) is 25.0 Å². The van der Waals surface area contributed by atoms with Crippen LogP contribution in [0.3, 0.4) is 0 Å². The average Bonchev–Trinajstić information content (AvgIpc) is 3.33. The number of benzene rings is 1. The highest BCUT2D eigenvalue weighted by molar-refractivity contribution is 7.13. The van der Waals surface area contributed by atoms with Crippen LogP contribution in [0.15, 0.2) is 48.1 Å². The van der Waals surface area contributed by atoms with E-state index in [1.165, 1.54) is 36.8 Å². The molecule has 1 aliphatic rings. The van der Waals surface area contributed by atoms with E-state index in [1.807, 2.05) is 30.6 Å². The minimum atomic E-state index is 0.654. The largest absolute Gasteiger partial charge is 0.496 e. The summed E-state index contributed by atoms with van der Waals surface area (Å²) in [7, 11) is 1.70. The van der Waals surface area contributed by atoms with Gasteiger partial charge >= 0.3 is 0 Å². The molecule has 122 valence electrons. The van der Waals surface area contributed by atoms with Crippen LogP contribution in [0.4, 0.5) is 0 Å². The van der Waals surface area contributed by atoms with Gasteiger partial charge in [0.05, 0.1) is 12.8 Å². The summed E-state index contributed by atoms with van der Waals surface area (Å²) in [5.41, 5.74) is 4.60. The van der Waals surface area contributed by atoms with Crippen molar-refractivity contribution in [3.63, 3.8) is 0 Å². The van der Waals surface area contributed by atoms with Gasteiger partial charge < -0.3 is 4.74 Å². The molecule has 0 bridgehead atoms. The van der Waals surface area contributed by atoms with Gasteiger partial charge in [0.1, 0.15) is 10.8 Å². The fraction of sp³-hybridized carbons (Fsp3) is 0.300. The molecule has 0 radical (unpaired) electrons. The van der Waals surface area contributed by atoms with Crippen LogP contribution in [0, 0.1) is 0 Å². The van der Waals surface area contributed by atoms with E-state index in [0.29, 0.717) is 5.92 Å². The molecule has 0 atom stereocenters. The molecule has 0 N–H and O–H groups in total. The van der Waals surface area contributed by atoms with E-state index in [0.717, 1.165) is 22.0 Å². The molecule has 1 aromatic carbocycles. The highest BCUT2D eigenvalue weighted by Gasteiger charge is 2.22.